The van der Waals surface area contributed by atoms with Gasteiger partial charge in [0.05, 0.1) is 16.1 Å². The van der Waals surface area contributed by atoms with Gasteiger partial charge in [0.15, 0.2) is 0 Å². The highest BCUT2D eigenvalue weighted by molar-refractivity contribution is 6.42. The lowest BCUT2D eigenvalue weighted by Gasteiger charge is -2.31. The third-order valence-corrected chi connectivity index (χ3v) is 4.82. The minimum Gasteiger partial charge on any atom is -0.382 e. The van der Waals surface area contributed by atoms with Crippen molar-refractivity contribution in [1.29, 1.82) is 0 Å². The van der Waals surface area contributed by atoms with E-state index < -0.39 is 0 Å². The van der Waals surface area contributed by atoms with Gasteiger partial charge in [-0.15, -0.1) is 0 Å². The van der Waals surface area contributed by atoms with Crippen molar-refractivity contribution in [1.82, 2.24) is 5.32 Å². The molecule has 0 amide bonds. The summed E-state index contributed by atoms with van der Waals surface area (Å²) in [6.45, 7) is 6.19. The second kappa shape index (κ2) is 9.74. The fraction of sp³-hybridized carbons (Fsp3) is 0.647. The van der Waals surface area contributed by atoms with Crippen molar-refractivity contribution < 1.29 is 9.47 Å². The van der Waals surface area contributed by atoms with Gasteiger partial charge in [0.1, 0.15) is 0 Å². The van der Waals surface area contributed by atoms with Crippen LogP contribution in [0, 0.1) is 5.92 Å². The van der Waals surface area contributed by atoms with Gasteiger partial charge >= 0.3 is 0 Å². The Morgan fingerprint density at radius 1 is 1.32 bits per heavy atom. The van der Waals surface area contributed by atoms with Crippen molar-refractivity contribution in [3.05, 3.63) is 33.8 Å². The zero-order valence-corrected chi connectivity index (χ0v) is 14.6. The molecule has 1 N–H and O–H groups in total. The maximum Gasteiger partial charge on any atom is 0.0880 e. The predicted octanol–water partition coefficient (Wildman–Crippen LogP) is 4.48. The van der Waals surface area contributed by atoms with Crippen molar-refractivity contribution in [2.24, 2.45) is 5.92 Å². The lowest BCUT2D eigenvalue weighted by atomic mass is 9.89. The maximum atomic E-state index is 6.41. The van der Waals surface area contributed by atoms with E-state index in [1.54, 1.807) is 0 Å². The highest BCUT2D eigenvalue weighted by Gasteiger charge is 2.27. The standard InChI is InChI=1S/C17H25Cl2NO2/c1-2-21-10-5-11-22-17(13-6-4-9-20-12-13)14-7-3-8-15(18)16(14)19/h3,7-8,13,17,20H,2,4-6,9-12H2,1H3/t13-,17?/m1/s1. The van der Waals surface area contributed by atoms with E-state index in [1.165, 1.54) is 6.42 Å². The molecular formula is C17H25Cl2NO2. The molecule has 1 aromatic carbocycles. The molecule has 3 nitrogen and oxygen atoms in total. The Morgan fingerprint density at radius 3 is 2.91 bits per heavy atom. The first-order valence-corrected chi connectivity index (χ1v) is 8.83. The van der Waals surface area contributed by atoms with Gasteiger partial charge in [-0.05, 0) is 38.8 Å². The fourth-order valence-electron chi connectivity index (χ4n) is 2.87. The number of halogens is 2. The van der Waals surface area contributed by atoms with Crippen LogP contribution in [0.15, 0.2) is 18.2 Å². The summed E-state index contributed by atoms with van der Waals surface area (Å²) in [7, 11) is 0. The Hall–Kier alpha value is -0.320. The number of rotatable bonds is 8. The van der Waals surface area contributed by atoms with Gasteiger partial charge in [-0.3, -0.25) is 0 Å². The molecule has 2 atom stereocenters. The molecule has 1 aliphatic rings. The molecule has 5 heteroatoms. The largest absolute Gasteiger partial charge is 0.382 e. The molecule has 0 saturated carbocycles. The lowest BCUT2D eigenvalue weighted by Crippen LogP contribution is -2.34. The fourth-order valence-corrected chi connectivity index (χ4v) is 3.29. The minimum absolute atomic E-state index is 0.0133. The molecule has 1 unspecified atom stereocenters. The van der Waals surface area contributed by atoms with Gasteiger partial charge in [0, 0.05) is 37.8 Å². The third kappa shape index (κ3) is 5.10. The Balaban J connectivity index is 2.05. The number of piperidine rings is 1. The quantitative estimate of drug-likeness (QED) is 0.704. The smallest absolute Gasteiger partial charge is 0.0880 e. The maximum absolute atomic E-state index is 6.41. The second-order valence-corrected chi connectivity index (χ2v) is 6.38. The van der Waals surface area contributed by atoms with E-state index in [0.29, 0.717) is 22.6 Å². The van der Waals surface area contributed by atoms with E-state index in [2.05, 4.69) is 5.32 Å². The van der Waals surface area contributed by atoms with Gasteiger partial charge in [-0.2, -0.15) is 0 Å². The minimum atomic E-state index is -0.0133. The first kappa shape index (κ1) is 18.0. The summed E-state index contributed by atoms with van der Waals surface area (Å²) in [5.74, 6) is 0.428. The highest BCUT2D eigenvalue weighted by Crippen LogP contribution is 2.37. The number of hydrogen-bond donors (Lipinski definition) is 1. The van der Waals surface area contributed by atoms with Crippen molar-refractivity contribution in [2.75, 3.05) is 32.9 Å². The van der Waals surface area contributed by atoms with Crippen LogP contribution in [0.2, 0.25) is 10.0 Å². The Bertz CT molecular complexity index is 450. The van der Waals surface area contributed by atoms with Gasteiger partial charge in [-0.25, -0.2) is 0 Å². The van der Waals surface area contributed by atoms with Crippen molar-refractivity contribution in [3.63, 3.8) is 0 Å². The molecule has 1 aromatic rings. The van der Waals surface area contributed by atoms with E-state index >= 15 is 0 Å². The number of benzene rings is 1. The SMILES string of the molecule is CCOCCCOC(c1cccc(Cl)c1Cl)[C@@H]1CCCNC1. The molecule has 1 heterocycles. The van der Waals surface area contributed by atoms with Crippen LogP contribution in [0.4, 0.5) is 0 Å². The van der Waals surface area contributed by atoms with Crippen LogP contribution in [0.5, 0.6) is 0 Å². The Labute approximate surface area is 143 Å². The molecule has 1 aliphatic heterocycles. The third-order valence-electron chi connectivity index (χ3n) is 3.99. The van der Waals surface area contributed by atoms with Crippen LogP contribution in [0.1, 0.15) is 37.9 Å². The summed E-state index contributed by atoms with van der Waals surface area (Å²) < 4.78 is 11.6. The normalized spacial score (nSPS) is 20.0. The number of nitrogens with one attached hydrogen (secondary N) is 1. The lowest BCUT2D eigenvalue weighted by molar-refractivity contribution is -0.00713. The molecule has 0 bridgehead atoms. The number of hydrogen-bond acceptors (Lipinski definition) is 3. The molecule has 1 fully saturated rings. The highest BCUT2D eigenvalue weighted by atomic mass is 35.5. The molecular weight excluding hydrogens is 321 g/mol. The van der Waals surface area contributed by atoms with E-state index in [9.17, 15) is 0 Å². The zero-order valence-electron chi connectivity index (χ0n) is 13.1. The average Bonchev–Trinajstić information content (AvgIpc) is 2.55. The molecule has 0 aliphatic carbocycles. The van der Waals surface area contributed by atoms with Crippen LogP contribution < -0.4 is 5.32 Å². The van der Waals surface area contributed by atoms with Crippen LogP contribution >= 0.6 is 23.2 Å². The second-order valence-electron chi connectivity index (χ2n) is 5.59. The molecule has 0 radical (unpaired) electrons. The summed E-state index contributed by atoms with van der Waals surface area (Å²) >= 11 is 12.6. The van der Waals surface area contributed by atoms with Crippen LogP contribution in [0.25, 0.3) is 0 Å². The summed E-state index contributed by atoms with van der Waals surface area (Å²) in [6, 6.07) is 5.78. The molecule has 0 aromatic heterocycles. The van der Waals surface area contributed by atoms with Crippen molar-refractivity contribution in [3.8, 4) is 0 Å². The van der Waals surface area contributed by atoms with Gasteiger partial charge in [-0.1, -0.05) is 35.3 Å². The number of ether oxygens (including phenoxy) is 2. The van der Waals surface area contributed by atoms with E-state index in [1.807, 2.05) is 25.1 Å². The summed E-state index contributed by atoms with van der Waals surface area (Å²) in [5.41, 5.74) is 0.999. The van der Waals surface area contributed by atoms with Crippen molar-refractivity contribution >= 4 is 23.2 Å². The Morgan fingerprint density at radius 2 is 2.18 bits per heavy atom. The first-order valence-electron chi connectivity index (χ1n) is 8.08. The topological polar surface area (TPSA) is 30.5 Å². The predicted molar refractivity (Wildman–Crippen MR) is 91.9 cm³/mol. The van der Waals surface area contributed by atoms with Crippen LogP contribution in [0.3, 0.4) is 0 Å². The summed E-state index contributed by atoms with van der Waals surface area (Å²) in [6.07, 6.45) is 3.19. The molecule has 2 rings (SSSR count). The molecule has 124 valence electrons. The van der Waals surface area contributed by atoms with Gasteiger partial charge in [0.25, 0.3) is 0 Å². The summed E-state index contributed by atoms with van der Waals surface area (Å²) in [4.78, 5) is 0. The molecule has 1 saturated heterocycles. The average molecular weight is 346 g/mol. The van der Waals surface area contributed by atoms with Gasteiger partial charge < -0.3 is 14.8 Å². The van der Waals surface area contributed by atoms with Crippen LogP contribution in [-0.2, 0) is 9.47 Å². The van der Waals surface area contributed by atoms with E-state index in [0.717, 1.165) is 44.7 Å². The van der Waals surface area contributed by atoms with E-state index in [-0.39, 0.29) is 6.10 Å². The monoisotopic (exact) mass is 345 g/mol. The Kier molecular flexibility index (Phi) is 7.98. The van der Waals surface area contributed by atoms with Gasteiger partial charge in [0.2, 0.25) is 0 Å². The first-order chi connectivity index (χ1) is 10.7. The zero-order chi connectivity index (χ0) is 15.8. The van der Waals surface area contributed by atoms with E-state index in [4.69, 9.17) is 32.7 Å². The van der Waals surface area contributed by atoms with Crippen molar-refractivity contribution in [2.45, 2.75) is 32.3 Å². The molecule has 0 spiro atoms. The molecule has 22 heavy (non-hydrogen) atoms. The van der Waals surface area contributed by atoms with Crippen LogP contribution in [-0.4, -0.2) is 32.9 Å². The summed E-state index contributed by atoms with van der Waals surface area (Å²) in [5, 5.41) is 4.65.